The second-order valence-corrected chi connectivity index (χ2v) is 8.48. The van der Waals surface area contributed by atoms with Crippen molar-refractivity contribution >= 4 is 27.9 Å². The van der Waals surface area contributed by atoms with Gasteiger partial charge in [-0.05, 0) is 38.4 Å². The summed E-state index contributed by atoms with van der Waals surface area (Å²) < 4.78 is 29.1. The van der Waals surface area contributed by atoms with Crippen LogP contribution >= 0.6 is 11.8 Å². The van der Waals surface area contributed by atoms with Crippen LogP contribution in [0.4, 0.5) is 0 Å². The largest absolute Gasteiger partial charge is 0.480 e. The van der Waals surface area contributed by atoms with E-state index in [1.165, 1.54) is 0 Å². The number of aliphatic carboxylic acids is 1. The van der Waals surface area contributed by atoms with E-state index in [0.29, 0.717) is 13.0 Å². The first kappa shape index (κ1) is 17.1. The number of nitrogens with zero attached hydrogens (tertiary/aromatic N) is 1. The second kappa shape index (κ2) is 7.30. The number of rotatable bonds is 5. The summed E-state index contributed by atoms with van der Waals surface area (Å²) in [5.41, 5.74) is 0. The van der Waals surface area contributed by atoms with Crippen molar-refractivity contribution in [1.82, 2.24) is 9.03 Å². The summed E-state index contributed by atoms with van der Waals surface area (Å²) in [4.78, 5) is 11.3. The van der Waals surface area contributed by atoms with E-state index >= 15 is 0 Å². The first-order valence-corrected chi connectivity index (χ1v) is 10.2. The molecule has 1 aliphatic heterocycles. The number of carboxylic acids is 1. The van der Waals surface area contributed by atoms with Crippen LogP contribution in [-0.4, -0.2) is 53.9 Å². The van der Waals surface area contributed by atoms with Crippen LogP contribution in [0.15, 0.2) is 0 Å². The Bertz CT molecular complexity index is 469. The predicted octanol–water partition coefficient (Wildman–Crippen LogP) is 1.43. The van der Waals surface area contributed by atoms with Crippen molar-refractivity contribution in [3.63, 3.8) is 0 Å². The molecule has 0 aromatic rings. The monoisotopic (exact) mass is 336 g/mol. The lowest BCUT2D eigenvalue weighted by Gasteiger charge is -2.36. The van der Waals surface area contributed by atoms with Gasteiger partial charge in [-0.1, -0.05) is 12.8 Å². The first-order chi connectivity index (χ1) is 9.95. The topological polar surface area (TPSA) is 86.7 Å². The maximum atomic E-state index is 12.6. The molecule has 2 aliphatic rings. The standard InChI is InChI=1S/C13H24N2O4S2/c1-20-12-8-3-2-6-10(12)14-21(18,19)15-9-5-4-7-11(15)13(16)17/h10-12,14H,2-9H2,1H3,(H,16,17). The zero-order valence-electron chi connectivity index (χ0n) is 12.3. The molecule has 0 amide bonds. The first-order valence-electron chi connectivity index (χ1n) is 7.50. The smallest absolute Gasteiger partial charge is 0.322 e. The van der Waals surface area contributed by atoms with Crippen LogP contribution in [-0.2, 0) is 15.0 Å². The highest BCUT2D eigenvalue weighted by molar-refractivity contribution is 7.99. The molecule has 0 radical (unpaired) electrons. The molecule has 1 saturated heterocycles. The molecule has 1 aliphatic carbocycles. The normalized spacial score (nSPS) is 32.0. The third-order valence-electron chi connectivity index (χ3n) is 4.35. The van der Waals surface area contributed by atoms with Crippen LogP contribution in [0.1, 0.15) is 44.9 Å². The summed E-state index contributed by atoms with van der Waals surface area (Å²) in [6.45, 7) is 0.295. The Hall–Kier alpha value is -0.310. The lowest BCUT2D eigenvalue weighted by molar-refractivity contribution is -0.142. The Labute approximate surface area is 130 Å². The Kier molecular flexibility index (Phi) is 5.93. The number of thioether (sulfide) groups is 1. The average molecular weight is 336 g/mol. The van der Waals surface area contributed by atoms with Crippen LogP contribution in [0.25, 0.3) is 0 Å². The minimum atomic E-state index is -3.73. The maximum Gasteiger partial charge on any atom is 0.322 e. The molecule has 0 aromatic heterocycles. The van der Waals surface area contributed by atoms with E-state index in [4.69, 9.17) is 0 Å². The quantitative estimate of drug-likeness (QED) is 0.793. The summed E-state index contributed by atoms with van der Waals surface area (Å²) in [6, 6.07) is -1.01. The summed E-state index contributed by atoms with van der Waals surface area (Å²) in [7, 11) is -3.73. The highest BCUT2D eigenvalue weighted by atomic mass is 32.2. The molecule has 0 spiro atoms. The Morgan fingerprint density at radius 1 is 1.19 bits per heavy atom. The molecule has 3 unspecified atom stereocenters. The predicted molar refractivity (Wildman–Crippen MR) is 83.6 cm³/mol. The minimum Gasteiger partial charge on any atom is -0.480 e. The van der Waals surface area contributed by atoms with Crippen LogP contribution in [0.5, 0.6) is 0 Å². The van der Waals surface area contributed by atoms with Crippen molar-refractivity contribution in [2.45, 2.75) is 62.3 Å². The second-order valence-electron chi connectivity index (χ2n) is 5.75. The molecule has 0 aromatic carbocycles. The van der Waals surface area contributed by atoms with Crippen molar-refractivity contribution in [2.24, 2.45) is 0 Å². The molecule has 1 saturated carbocycles. The molecule has 3 atom stereocenters. The molecule has 0 bridgehead atoms. The molecule has 21 heavy (non-hydrogen) atoms. The molecule has 2 fully saturated rings. The van der Waals surface area contributed by atoms with Gasteiger partial charge in [-0.15, -0.1) is 0 Å². The van der Waals surface area contributed by atoms with Gasteiger partial charge in [-0.25, -0.2) is 0 Å². The number of hydrogen-bond donors (Lipinski definition) is 2. The molecule has 122 valence electrons. The van der Waals surface area contributed by atoms with Crippen LogP contribution < -0.4 is 4.72 Å². The fourth-order valence-corrected chi connectivity index (χ4v) is 5.93. The number of carbonyl (C=O) groups is 1. The van der Waals surface area contributed by atoms with Crippen molar-refractivity contribution in [1.29, 1.82) is 0 Å². The van der Waals surface area contributed by atoms with Gasteiger partial charge in [0.15, 0.2) is 0 Å². The Morgan fingerprint density at radius 3 is 2.52 bits per heavy atom. The van der Waals surface area contributed by atoms with Gasteiger partial charge in [0.25, 0.3) is 10.2 Å². The van der Waals surface area contributed by atoms with E-state index < -0.39 is 22.2 Å². The average Bonchev–Trinajstić information content (AvgIpc) is 2.47. The molecule has 2 N–H and O–H groups in total. The lowest BCUT2D eigenvalue weighted by Crippen LogP contribution is -2.55. The molecule has 1 heterocycles. The van der Waals surface area contributed by atoms with Gasteiger partial charge < -0.3 is 5.11 Å². The highest BCUT2D eigenvalue weighted by Gasteiger charge is 2.39. The third-order valence-corrected chi connectivity index (χ3v) is 7.18. The highest BCUT2D eigenvalue weighted by Crippen LogP contribution is 2.29. The van der Waals surface area contributed by atoms with Gasteiger partial charge in [0, 0.05) is 17.8 Å². The van der Waals surface area contributed by atoms with E-state index in [0.717, 1.165) is 42.8 Å². The third kappa shape index (κ3) is 4.12. The van der Waals surface area contributed by atoms with Gasteiger partial charge in [0.2, 0.25) is 0 Å². The number of piperidine rings is 1. The van der Waals surface area contributed by atoms with E-state index in [1.54, 1.807) is 11.8 Å². The molecular formula is C13H24N2O4S2. The van der Waals surface area contributed by atoms with Gasteiger partial charge >= 0.3 is 5.97 Å². The van der Waals surface area contributed by atoms with Crippen LogP contribution in [0.3, 0.4) is 0 Å². The zero-order chi connectivity index (χ0) is 15.5. The fourth-order valence-electron chi connectivity index (χ4n) is 3.21. The minimum absolute atomic E-state index is 0.0879. The van der Waals surface area contributed by atoms with Crippen molar-refractivity contribution in [2.75, 3.05) is 12.8 Å². The van der Waals surface area contributed by atoms with Crippen LogP contribution in [0.2, 0.25) is 0 Å². The van der Waals surface area contributed by atoms with E-state index in [2.05, 4.69) is 4.72 Å². The molecular weight excluding hydrogens is 312 g/mol. The summed E-state index contributed by atoms with van der Waals surface area (Å²) in [5, 5.41) is 9.52. The van der Waals surface area contributed by atoms with Gasteiger partial charge in [0.1, 0.15) is 6.04 Å². The Balaban J connectivity index is 2.10. The van der Waals surface area contributed by atoms with Gasteiger partial charge in [-0.3, -0.25) is 4.79 Å². The summed E-state index contributed by atoms with van der Waals surface area (Å²) >= 11 is 1.69. The molecule has 6 nitrogen and oxygen atoms in total. The van der Waals surface area contributed by atoms with Crippen molar-refractivity contribution in [3.05, 3.63) is 0 Å². The van der Waals surface area contributed by atoms with Crippen molar-refractivity contribution < 1.29 is 18.3 Å². The summed E-state index contributed by atoms with van der Waals surface area (Å²) in [6.07, 6.45) is 7.87. The Morgan fingerprint density at radius 2 is 1.86 bits per heavy atom. The van der Waals surface area contributed by atoms with E-state index in [9.17, 15) is 18.3 Å². The SMILES string of the molecule is CSC1CCCCC1NS(=O)(=O)N1CCCCC1C(=O)O. The maximum absolute atomic E-state index is 12.6. The lowest BCUT2D eigenvalue weighted by atomic mass is 9.96. The van der Waals surface area contributed by atoms with Crippen molar-refractivity contribution in [3.8, 4) is 0 Å². The van der Waals surface area contributed by atoms with E-state index in [1.807, 2.05) is 6.26 Å². The van der Waals surface area contributed by atoms with Crippen LogP contribution in [0, 0.1) is 0 Å². The number of carboxylic acid groups (broad SMARTS) is 1. The van der Waals surface area contributed by atoms with Gasteiger partial charge in [-0.2, -0.15) is 29.2 Å². The number of nitrogens with one attached hydrogen (secondary N) is 1. The van der Waals surface area contributed by atoms with E-state index in [-0.39, 0.29) is 11.3 Å². The molecule has 8 heteroatoms. The molecule has 2 rings (SSSR count). The number of hydrogen-bond acceptors (Lipinski definition) is 4. The summed E-state index contributed by atoms with van der Waals surface area (Å²) in [5.74, 6) is -1.05. The zero-order valence-corrected chi connectivity index (χ0v) is 14.0. The van der Waals surface area contributed by atoms with Gasteiger partial charge in [0.05, 0.1) is 0 Å². The fraction of sp³-hybridized carbons (Fsp3) is 0.923.